The molecule has 1 aromatic heterocycles. The topological polar surface area (TPSA) is 75.9 Å². The van der Waals surface area contributed by atoms with Gasteiger partial charge in [0.1, 0.15) is 17.4 Å². The zero-order valence-electron chi connectivity index (χ0n) is 12.9. The molecular formula is C14H21N3O4. The molecule has 0 spiro atoms. The zero-order valence-corrected chi connectivity index (χ0v) is 12.9. The smallest absolute Gasteiger partial charge is 0.409 e. The standard InChI is InChI=1S/C14H21N3O4/c1-9-12(10(2)21-15-9)13(18)17-7-5-6-11(8-17)20-14(19)16(3)4/h11H,5-8H2,1-4H3. The van der Waals surface area contributed by atoms with E-state index in [4.69, 9.17) is 9.26 Å². The summed E-state index contributed by atoms with van der Waals surface area (Å²) in [5.41, 5.74) is 1.10. The van der Waals surface area contributed by atoms with Crippen molar-refractivity contribution in [2.45, 2.75) is 32.8 Å². The summed E-state index contributed by atoms with van der Waals surface area (Å²) < 4.78 is 10.4. The molecule has 0 aliphatic carbocycles. The van der Waals surface area contributed by atoms with E-state index in [0.29, 0.717) is 30.1 Å². The molecule has 0 N–H and O–H groups in total. The maximum absolute atomic E-state index is 12.5. The first-order valence-corrected chi connectivity index (χ1v) is 7.00. The number of carbonyl (C=O) groups is 2. The number of likely N-dealkylation sites (tertiary alicyclic amines) is 1. The van der Waals surface area contributed by atoms with E-state index in [0.717, 1.165) is 12.8 Å². The van der Waals surface area contributed by atoms with Gasteiger partial charge in [0, 0.05) is 20.6 Å². The van der Waals surface area contributed by atoms with Gasteiger partial charge >= 0.3 is 6.09 Å². The average Bonchev–Trinajstić information content (AvgIpc) is 2.77. The van der Waals surface area contributed by atoms with E-state index >= 15 is 0 Å². The van der Waals surface area contributed by atoms with Crippen molar-refractivity contribution in [1.29, 1.82) is 0 Å². The Hall–Kier alpha value is -2.05. The van der Waals surface area contributed by atoms with Crippen molar-refractivity contribution in [3.63, 3.8) is 0 Å². The zero-order chi connectivity index (χ0) is 15.6. The van der Waals surface area contributed by atoms with E-state index in [9.17, 15) is 9.59 Å². The number of carbonyl (C=O) groups excluding carboxylic acids is 2. The minimum Gasteiger partial charge on any atom is -0.444 e. The molecule has 1 aliphatic heterocycles. The SMILES string of the molecule is Cc1noc(C)c1C(=O)N1CCCC(OC(=O)N(C)C)C1. The van der Waals surface area contributed by atoms with Gasteiger partial charge in [0.15, 0.2) is 0 Å². The van der Waals surface area contributed by atoms with Gasteiger partial charge in [0.2, 0.25) is 0 Å². The Labute approximate surface area is 123 Å². The van der Waals surface area contributed by atoms with Crippen LogP contribution in [-0.2, 0) is 4.74 Å². The molecule has 0 radical (unpaired) electrons. The molecule has 1 saturated heterocycles. The third kappa shape index (κ3) is 3.34. The van der Waals surface area contributed by atoms with Gasteiger partial charge in [-0.2, -0.15) is 0 Å². The van der Waals surface area contributed by atoms with Crippen molar-refractivity contribution in [1.82, 2.24) is 15.0 Å². The lowest BCUT2D eigenvalue weighted by Crippen LogP contribution is -2.45. The van der Waals surface area contributed by atoms with E-state index in [2.05, 4.69) is 5.16 Å². The maximum atomic E-state index is 12.5. The van der Waals surface area contributed by atoms with Gasteiger partial charge in [-0.3, -0.25) is 4.79 Å². The van der Waals surface area contributed by atoms with Crippen LogP contribution < -0.4 is 0 Å². The predicted octanol–water partition coefficient (Wildman–Crippen LogP) is 1.59. The fourth-order valence-electron chi connectivity index (χ4n) is 2.41. The first kappa shape index (κ1) is 15.3. The van der Waals surface area contributed by atoms with Crippen molar-refractivity contribution in [2.75, 3.05) is 27.2 Å². The number of nitrogens with zero attached hydrogens (tertiary/aromatic N) is 3. The summed E-state index contributed by atoms with van der Waals surface area (Å²) >= 11 is 0. The van der Waals surface area contributed by atoms with Crippen LogP contribution in [0, 0.1) is 13.8 Å². The Morgan fingerprint density at radius 1 is 1.38 bits per heavy atom. The summed E-state index contributed by atoms with van der Waals surface area (Å²) in [4.78, 5) is 27.2. The van der Waals surface area contributed by atoms with Gasteiger partial charge in [-0.05, 0) is 26.7 Å². The Balaban J connectivity index is 2.04. The largest absolute Gasteiger partial charge is 0.444 e. The molecule has 0 saturated carbocycles. The first-order chi connectivity index (χ1) is 9.90. The molecule has 116 valence electrons. The van der Waals surface area contributed by atoms with Crippen molar-refractivity contribution in [3.8, 4) is 0 Å². The fourth-order valence-corrected chi connectivity index (χ4v) is 2.41. The molecule has 7 nitrogen and oxygen atoms in total. The van der Waals surface area contributed by atoms with Gasteiger partial charge < -0.3 is 19.1 Å². The molecular weight excluding hydrogens is 274 g/mol. The molecule has 1 atom stereocenters. The molecule has 2 heterocycles. The highest BCUT2D eigenvalue weighted by Crippen LogP contribution is 2.20. The number of rotatable bonds is 2. The van der Waals surface area contributed by atoms with Crippen LogP contribution >= 0.6 is 0 Å². The summed E-state index contributed by atoms with van der Waals surface area (Å²) in [7, 11) is 3.27. The number of aryl methyl sites for hydroxylation is 2. The fraction of sp³-hybridized carbons (Fsp3) is 0.643. The monoisotopic (exact) mass is 295 g/mol. The Morgan fingerprint density at radius 2 is 2.10 bits per heavy atom. The van der Waals surface area contributed by atoms with Crippen molar-refractivity contribution >= 4 is 12.0 Å². The Bertz CT molecular complexity index is 519. The van der Waals surface area contributed by atoms with Crippen LogP contribution in [0.15, 0.2) is 4.52 Å². The Kier molecular flexibility index (Phi) is 4.50. The molecule has 1 unspecified atom stereocenters. The lowest BCUT2D eigenvalue weighted by molar-refractivity contribution is 0.0251. The summed E-state index contributed by atoms with van der Waals surface area (Å²) in [5, 5.41) is 3.81. The number of hydrogen-bond donors (Lipinski definition) is 0. The van der Waals surface area contributed by atoms with E-state index in [1.807, 2.05) is 0 Å². The summed E-state index contributed by atoms with van der Waals surface area (Å²) in [5.74, 6) is 0.404. The van der Waals surface area contributed by atoms with Crippen molar-refractivity contribution < 1.29 is 18.8 Å². The second-order valence-electron chi connectivity index (χ2n) is 5.49. The molecule has 21 heavy (non-hydrogen) atoms. The molecule has 1 aliphatic rings. The van der Waals surface area contributed by atoms with Gasteiger partial charge in [-0.1, -0.05) is 5.16 Å². The molecule has 1 fully saturated rings. The number of amides is 2. The van der Waals surface area contributed by atoms with Gasteiger partial charge in [-0.15, -0.1) is 0 Å². The van der Waals surface area contributed by atoms with E-state index < -0.39 is 0 Å². The van der Waals surface area contributed by atoms with Gasteiger partial charge in [0.25, 0.3) is 5.91 Å². The second-order valence-corrected chi connectivity index (χ2v) is 5.49. The quantitative estimate of drug-likeness (QED) is 0.828. The number of piperidine rings is 1. The third-order valence-corrected chi connectivity index (χ3v) is 3.55. The van der Waals surface area contributed by atoms with Crippen LogP contribution in [0.1, 0.15) is 34.7 Å². The first-order valence-electron chi connectivity index (χ1n) is 7.00. The highest BCUT2D eigenvalue weighted by Gasteiger charge is 2.30. The third-order valence-electron chi connectivity index (χ3n) is 3.55. The van der Waals surface area contributed by atoms with Crippen LogP contribution in [0.4, 0.5) is 4.79 Å². The predicted molar refractivity (Wildman–Crippen MR) is 75.1 cm³/mol. The molecule has 1 aromatic rings. The van der Waals surface area contributed by atoms with E-state index in [1.165, 1.54) is 4.90 Å². The van der Waals surface area contributed by atoms with E-state index in [1.54, 1.807) is 32.8 Å². The van der Waals surface area contributed by atoms with Gasteiger partial charge in [0.05, 0.1) is 12.2 Å². The van der Waals surface area contributed by atoms with Crippen LogP contribution in [0.5, 0.6) is 0 Å². The van der Waals surface area contributed by atoms with Crippen LogP contribution in [-0.4, -0.2) is 60.2 Å². The van der Waals surface area contributed by atoms with Crippen molar-refractivity contribution in [3.05, 3.63) is 17.0 Å². The molecule has 2 rings (SSSR count). The van der Waals surface area contributed by atoms with Crippen LogP contribution in [0.25, 0.3) is 0 Å². The van der Waals surface area contributed by atoms with Crippen LogP contribution in [0.2, 0.25) is 0 Å². The molecule has 0 aromatic carbocycles. The van der Waals surface area contributed by atoms with Gasteiger partial charge in [-0.25, -0.2) is 4.79 Å². The minimum atomic E-state index is -0.383. The number of ether oxygens (including phenoxy) is 1. The Morgan fingerprint density at radius 3 is 2.67 bits per heavy atom. The van der Waals surface area contributed by atoms with E-state index in [-0.39, 0.29) is 18.1 Å². The van der Waals surface area contributed by atoms with Crippen LogP contribution in [0.3, 0.4) is 0 Å². The summed E-state index contributed by atoms with van der Waals surface area (Å²) in [6.45, 7) is 4.53. The normalized spacial score (nSPS) is 18.5. The lowest BCUT2D eigenvalue weighted by atomic mass is 10.1. The highest BCUT2D eigenvalue weighted by atomic mass is 16.6. The molecule has 0 bridgehead atoms. The number of hydrogen-bond acceptors (Lipinski definition) is 5. The lowest BCUT2D eigenvalue weighted by Gasteiger charge is -2.32. The molecule has 7 heteroatoms. The summed E-state index contributed by atoms with van der Waals surface area (Å²) in [6, 6.07) is 0. The highest BCUT2D eigenvalue weighted by molar-refractivity contribution is 5.96. The second kappa shape index (κ2) is 6.15. The average molecular weight is 295 g/mol. The van der Waals surface area contributed by atoms with Crippen molar-refractivity contribution in [2.24, 2.45) is 0 Å². The maximum Gasteiger partial charge on any atom is 0.409 e. The minimum absolute atomic E-state index is 0.114. The summed E-state index contributed by atoms with van der Waals surface area (Å²) in [6.07, 6.45) is 0.926. The number of aromatic nitrogens is 1. The molecule has 2 amide bonds.